The number of rotatable bonds is 11. The van der Waals surface area contributed by atoms with Gasteiger partial charge in [0.1, 0.15) is 0 Å². The van der Waals surface area contributed by atoms with Crippen molar-refractivity contribution < 1.29 is 8.42 Å². The minimum atomic E-state index is -2.87. The van der Waals surface area contributed by atoms with E-state index in [1.54, 1.807) is 13.8 Å². The molecule has 0 fully saturated rings. The molecule has 0 radical (unpaired) electrons. The molecule has 18 heavy (non-hydrogen) atoms. The Hall–Kier alpha value is -0.0900. The van der Waals surface area contributed by atoms with E-state index in [-0.39, 0.29) is 11.0 Å². The number of unbranched alkanes of at least 4 members (excludes halogenated alkanes) is 3. The zero-order chi connectivity index (χ0) is 14.0. The van der Waals surface area contributed by atoms with Gasteiger partial charge in [0.25, 0.3) is 0 Å². The molecule has 0 heterocycles. The van der Waals surface area contributed by atoms with Crippen molar-refractivity contribution >= 4 is 9.84 Å². The normalized spacial score (nSPS) is 12.6. The third kappa shape index (κ3) is 9.89. The maximum Gasteiger partial charge on any atom is 0.153 e. The Morgan fingerprint density at radius 2 is 1.50 bits per heavy atom. The van der Waals surface area contributed by atoms with Gasteiger partial charge in [0.2, 0.25) is 0 Å². The van der Waals surface area contributed by atoms with E-state index in [0.29, 0.717) is 6.54 Å². The summed E-state index contributed by atoms with van der Waals surface area (Å²) in [4.78, 5) is 0. The molecule has 0 aromatic heterocycles. The summed E-state index contributed by atoms with van der Waals surface area (Å²) in [6.45, 7) is 9.53. The molecule has 0 aliphatic carbocycles. The fourth-order valence-electron chi connectivity index (χ4n) is 1.73. The lowest BCUT2D eigenvalue weighted by molar-refractivity contribution is 0.513. The Labute approximate surface area is 114 Å². The van der Waals surface area contributed by atoms with Crippen molar-refractivity contribution in [3.8, 4) is 0 Å². The van der Waals surface area contributed by atoms with Crippen LogP contribution in [0.1, 0.15) is 59.8 Å². The molecule has 0 saturated carbocycles. The fourth-order valence-corrected chi connectivity index (χ4v) is 2.63. The van der Waals surface area contributed by atoms with Gasteiger partial charge in [0, 0.05) is 6.54 Å². The lowest BCUT2D eigenvalue weighted by Gasteiger charge is -2.08. The van der Waals surface area contributed by atoms with E-state index in [1.807, 2.05) is 0 Å². The maximum atomic E-state index is 11.5. The van der Waals surface area contributed by atoms with Crippen LogP contribution in [0.2, 0.25) is 0 Å². The summed E-state index contributed by atoms with van der Waals surface area (Å²) in [6.07, 6.45) is 6.33. The Morgan fingerprint density at radius 3 is 2.06 bits per heavy atom. The SMILES string of the molecule is CC(C)CCCCCCNCCS(=O)(=O)C(C)C. The lowest BCUT2D eigenvalue weighted by Crippen LogP contribution is -2.27. The van der Waals surface area contributed by atoms with Crippen LogP contribution in [0.3, 0.4) is 0 Å². The standard InChI is InChI=1S/C14H31NO2S/c1-13(2)9-7-5-6-8-10-15-11-12-18(16,17)14(3)4/h13-15H,5-12H2,1-4H3. The molecule has 0 amide bonds. The fraction of sp³-hybridized carbons (Fsp3) is 1.00. The van der Waals surface area contributed by atoms with Crippen LogP contribution in [0.15, 0.2) is 0 Å². The summed E-state index contributed by atoms with van der Waals surface area (Å²) in [6, 6.07) is 0. The molecule has 0 aliphatic heterocycles. The molecule has 0 rings (SSSR count). The third-order valence-electron chi connectivity index (χ3n) is 3.17. The first-order chi connectivity index (χ1) is 8.36. The monoisotopic (exact) mass is 277 g/mol. The maximum absolute atomic E-state index is 11.5. The minimum absolute atomic E-state index is 0.254. The first-order valence-electron chi connectivity index (χ1n) is 7.28. The average molecular weight is 277 g/mol. The van der Waals surface area contributed by atoms with Gasteiger partial charge in [-0.25, -0.2) is 8.42 Å². The molecule has 4 heteroatoms. The quantitative estimate of drug-likeness (QED) is 0.591. The second-order valence-corrected chi connectivity index (χ2v) is 8.44. The highest BCUT2D eigenvalue weighted by Crippen LogP contribution is 2.08. The van der Waals surface area contributed by atoms with Crippen LogP contribution < -0.4 is 5.32 Å². The van der Waals surface area contributed by atoms with Gasteiger partial charge in [-0.1, -0.05) is 39.5 Å². The summed E-state index contributed by atoms with van der Waals surface area (Å²) < 4.78 is 23.1. The van der Waals surface area contributed by atoms with Crippen molar-refractivity contribution in [2.45, 2.75) is 65.0 Å². The van der Waals surface area contributed by atoms with Crippen molar-refractivity contribution in [2.75, 3.05) is 18.8 Å². The van der Waals surface area contributed by atoms with Crippen LogP contribution in [0.4, 0.5) is 0 Å². The van der Waals surface area contributed by atoms with Gasteiger partial charge in [-0.15, -0.1) is 0 Å². The molecule has 0 spiro atoms. The Bertz CT molecular complexity index is 284. The van der Waals surface area contributed by atoms with E-state index in [4.69, 9.17) is 0 Å². The number of nitrogens with one attached hydrogen (secondary N) is 1. The summed E-state index contributed by atoms with van der Waals surface area (Å²) >= 11 is 0. The van der Waals surface area contributed by atoms with E-state index in [2.05, 4.69) is 19.2 Å². The molecule has 0 aliphatic rings. The largest absolute Gasteiger partial charge is 0.316 e. The second kappa shape index (κ2) is 9.79. The highest BCUT2D eigenvalue weighted by atomic mass is 32.2. The molecule has 0 saturated heterocycles. The van der Waals surface area contributed by atoms with Gasteiger partial charge in [0.05, 0.1) is 11.0 Å². The lowest BCUT2D eigenvalue weighted by atomic mass is 10.0. The van der Waals surface area contributed by atoms with E-state index in [0.717, 1.165) is 18.9 Å². The zero-order valence-corrected chi connectivity index (χ0v) is 13.4. The molecule has 0 aromatic rings. The second-order valence-electron chi connectivity index (χ2n) is 5.76. The number of hydrogen-bond donors (Lipinski definition) is 1. The molecule has 0 atom stereocenters. The van der Waals surface area contributed by atoms with E-state index < -0.39 is 9.84 Å². The predicted molar refractivity (Wildman–Crippen MR) is 79.7 cm³/mol. The van der Waals surface area contributed by atoms with Crippen LogP contribution in [0, 0.1) is 5.92 Å². The Morgan fingerprint density at radius 1 is 0.889 bits per heavy atom. The van der Waals surface area contributed by atoms with Crippen LogP contribution in [0.25, 0.3) is 0 Å². The average Bonchev–Trinajstić information content (AvgIpc) is 2.26. The predicted octanol–water partition coefficient (Wildman–Crippen LogP) is 3.01. The molecule has 3 nitrogen and oxygen atoms in total. The zero-order valence-electron chi connectivity index (χ0n) is 12.5. The van der Waals surface area contributed by atoms with Crippen LogP contribution in [-0.2, 0) is 9.84 Å². The van der Waals surface area contributed by atoms with E-state index >= 15 is 0 Å². The first-order valence-corrected chi connectivity index (χ1v) is 9.00. The third-order valence-corrected chi connectivity index (χ3v) is 5.38. The number of hydrogen-bond acceptors (Lipinski definition) is 3. The van der Waals surface area contributed by atoms with Crippen molar-refractivity contribution in [3.63, 3.8) is 0 Å². The van der Waals surface area contributed by atoms with Crippen molar-refractivity contribution in [2.24, 2.45) is 5.92 Å². The van der Waals surface area contributed by atoms with Crippen molar-refractivity contribution in [3.05, 3.63) is 0 Å². The molecule has 1 N–H and O–H groups in total. The van der Waals surface area contributed by atoms with Crippen LogP contribution in [-0.4, -0.2) is 32.5 Å². The van der Waals surface area contributed by atoms with Crippen molar-refractivity contribution in [1.82, 2.24) is 5.32 Å². The van der Waals surface area contributed by atoms with Gasteiger partial charge < -0.3 is 5.32 Å². The van der Waals surface area contributed by atoms with E-state index in [9.17, 15) is 8.42 Å². The van der Waals surface area contributed by atoms with Gasteiger partial charge in [0.15, 0.2) is 9.84 Å². The minimum Gasteiger partial charge on any atom is -0.316 e. The highest BCUT2D eigenvalue weighted by Gasteiger charge is 2.14. The molecular formula is C14H31NO2S. The molecule has 110 valence electrons. The van der Waals surface area contributed by atoms with Crippen LogP contribution >= 0.6 is 0 Å². The smallest absolute Gasteiger partial charge is 0.153 e. The Balaban J connectivity index is 3.32. The van der Waals surface area contributed by atoms with Gasteiger partial charge >= 0.3 is 0 Å². The van der Waals surface area contributed by atoms with E-state index in [1.165, 1.54) is 25.7 Å². The molecule has 0 aromatic carbocycles. The topological polar surface area (TPSA) is 46.2 Å². The molecular weight excluding hydrogens is 246 g/mol. The summed E-state index contributed by atoms with van der Waals surface area (Å²) in [5.41, 5.74) is 0. The highest BCUT2D eigenvalue weighted by molar-refractivity contribution is 7.92. The number of sulfone groups is 1. The first kappa shape index (κ1) is 17.9. The van der Waals surface area contributed by atoms with Crippen molar-refractivity contribution in [1.29, 1.82) is 0 Å². The van der Waals surface area contributed by atoms with Crippen LogP contribution in [0.5, 0.6) is 0 Å². The molecule has 0 bridgehead atoms. The van der Waals surface area contributed by atoms with Gasteiger partial charge in [-0.2, -0.15) is 0 Å². The summed E-state index contributed by atoms with van der Waals surface area (Å²) in [5, 5.41) is 2.96. The van der Waals surface area contributed by atoms with Gasteiger partial charge in [-0.05, 0) is 32.7 Å². The Kier molecular flexibility index (Phi) is 9.74. The van der Waals surface area contributed by atoms with Gasteiger partial charge in [-0.3, -0.25) is 0 Å². The summed E-state index contributed by atoms with van der Waals surface area (Å²) in [5.74, 6) is 1.07. The summed E-state index contributed by atoms with van der Waals surface area (Å²) in [7, 11) is -2.87. The molecule has 0 unspecified atom stereocenters.